The Bertz CT molecular complexity index is 571. The zero-order chi connectivity index (χ0) is 20.3. The third kappa shape index (κ3) is 10.6. The van der Waals surface area contributed by atoms with E-state index in [9.17, 15) is 9.59 Å². The molecule has 1 atom stereocenters. The van der Waals surface area contributed by atoms with E-state index in [4.69, 9.17) is 14.6 Å². The van der Waals surface area contributed by atoms with E-state index in [1.807, 2.05) is 20.8 Å². The summed E-state index contributed by atoms with van der Waals surface area (Å²) in [5.74, 6) is -0.511. The van der Waals surface area contributed by atoms with Gasteiger partial charge in [0.15, 0.2) is 0 Å². The Kier molecular flexibility index (Phi) is 9.90. The van der Waals surface area contributed by atoms with Crippen LogP contribution in [0.25, 0.3) is 0 Å². The van der Waals surface area contributed by atoms with Crippen LogP contribution in [-0.4, -0.2) is 29.3 Å². The summed E-state index contributed by atoms with van der Waals surface area (Å²) in [5.41, 5.74) is 0.0234. The van der Waals surface area contributed by atoms with Crippen LogP contribution >= 0.6 is 0 Å². The topological polar surface area (TPSA) is 72.8 Å². The van der Waals surface area contributed by atoms with Gasteiger partial charge in [-0.15, -0.1) is 0 Å². The molecule has 0 aliphatic rings. The second-order valence-corrected chi connectivity index (χ2v) is 8.02. The van der Waals surface area contributed by atoms with Gasteiger partial charge in [0.1, 0.15) is 11.4 Å². The maximum atomic E-state index is 12.0. The van der Waals surface area contributed by atoms with E-state index in [0.717, 1.165) is 50.7 Å². The first kappa shape index (κ1) is 23.0. The minimum absolute atomic E-state index is 0.236. The van der Waals surface area contributed by atoms with E-state index in [1.54, 1.807) is 31.2 Å². The minimum Gasteiger partial charge on any atom is -0.494 e. The quantitative estimate of drug-likeness (QED) is 0.385. The average Bonchev–Trinajstić information content (AvgIpc) is 2.59. The van der Waals surface area contributed by atoms with Gasteiger partial charge in [-0.2, -0.15) is 0 Å². The van der Waals surface area contributed by atoms with Crippen LogP contribution in [0.1, 0.15) is 83.0 Å². The van der Waals surface area contributed by atoms with E-state index in [1.165, 1.54) is 0 Å². The molecule has 0 aliphatic heterocycles. The van der Waals surface area contributed by atoms with Gasteiger partial charge in [0.25, 0.3) is 0 Å². The highest BCUT2D eigenvalue weighted by atomic mass is 16.6. The van der Waals surface area contributed by atoms with Crippen molar-refractivity contribution in [2.75, 3.05) is 6.61 Å². The van der Waals surface area contributed by atoms with Crippen LogP contribution in [0.5, 0.6) is 5.75 Å². The first-order valence-corrected chi connectivity index (χ1v) is 9.88. The van der Waals surface area contributed by atoms with Crippen LogP contribution in [0.4, 0.5) is 0 Å². The number of benzene rings is 1. The fourth-order valence-electron chi connectivity index (χ4n) is 2.60. The van der Waals surface area contributed by atoms with Gasteiger partial charge in [0.2, 0.25) is 0 Å². The normalized spacial score (nSPS) is 12.4. The smallest absolute Gasteiger partial charge is 0.338 e. The van der Waals surface area contributed by atoms with Crippen molar-refractivity contribution in [1.82, 2.24) is 0 Å². The highest BCUT2D eigenvalue weighted by Gasteiger charge is 2.17. The molecule has 27 heavy (non-hydrogen) atoms. The van der Waals surface area contributed by atoms with Gasteiger partial charge < -0.3 is 14.6 Å². The third-order valence-electron chi connectivity index (χ3n) is 4.21. The summed E-state index contributed by atoms with van der Waals surface area (Å²) in [6, 6.07) is 7.04. The molecule has 1 rings (SSSR count). The monoisotopic (exact) mass is 378 g/mol. The second-order valence-electron chi connectivity index (χ2n) is 8.02. The molecule has 0 saturated carbocycles. The van der Waals surface area contributed by atoms with Crippen LogP contribution in [0, 0.1) is 5.92 Å². The van der Waals surface area contributed by atoms with Crippen molar-refractivity contribution >= 4 is 11.9 Å². The molecule has 0 fully saturated rings. The van der Waals surface area contributed by atoms with Crippen molar-refractivity contribution in [3.8, 4) is 5.75 Å². The molecule has 0 aromatic heterocycles. The lowest BCUT2D eigenvalue weighted by Crippen LogP contribution is -2.23. The predicted octanol–water partition coefficient (Wildman–Crippen LogP) is 5.47. The number of carboxylic acid groups (broad SMARTS) is 1. The summed E-state index contributed by atoms with van der Waals surface area (Å²) in [6.07, 6.45) is 7.19. The highest BCUT2D eigenvalue weighted by Crippen LogP contribution is 2.17. The molecule has 1 N–H and O–H groups in total. The van der Waals surface area contributed by atoms with E-state index >= 15 is 0 Å². The maximum absolute atomic E-state index is 12.0. The van der Waals surface area contributed by atoms with E-state index < -0.39 is 11.6 Å². The second kappa shape index (κ2) is 11.6. The molecule has 5 nitrogen and oxygen atoms in total. The molecular formula is C22H34O5. The summed E-state index contributed by atoms with van der Waals surface area (Å²) in [5, 5.41) is 8.83. The number of carbonyl (C=O) groups excluding carboxylic acids is 1. The van der Waals surface area contributed by atoms with Crippen molar-refractivity contribution in [2.24, 2.45) is 5.92 Å². The molecule has 0 spiro atoms. The number of hydrogen-bond donors (Lipinski definition) is 1. The standard InChI is InChI=1S/C22H34O5/c1-17(20(23)24)11-9-7-5-6-8-10-16-26-19-14-12-18(13-15-19)21(25)27-22(2,3)4/h12-15,17H,5-11,16H2,1-4H3,(H,23,24). The summed E-state index contributed by atoms with van der Waals surface area (Å²) >= 11 is 0. The Hall–Kier alpha value is -2.04. The number of esters is 1. The molecule has 0 bridgehead atoms. The number of hydrogen-bond acceptors (Lipinski definition) is 4. The molecule has 0 amide bonds. The highest BCUT2D eigenvalue weighted by molar-refractivity contribution is 5.89. The van der Waals surface area contributed by atoms with Gasteiger partial charge in [-0.3, -0.25) is 4.79 Å². The van der Waals surface area contributed by atoms with Gasteiger partial charge in [-0.25, -0.2) is 4.79 Å². The van der Waals surface area contributed by atoms with E-state index in [-0.39, 0.29) is 11.9 Å². The Morgan fingerprint density at radius 3 is 2.07 bits per heavy atom. The van der Waals surface area contributed by atoms with Crippen molar-refractivity contribution < 1.29 is 24.2 Å². The molecule has 0 aliphatic carbocycles. The number of carbonyl (C=O) groups is 2. The average molecular weight is 379 g/mol. The van der Waals surface area contributed by atoms with E-state index in [0.29, 0.717) is 12.2 Å². The third-order valence-corrected chi connectivity index (χ3v) is 4.21. The molecule has 1 aromatic rings. The fraction of sp³-hybridized carbons (Fsp3) is 0.636. The van der Waals surface area contributed by atoms with Gasteiger partial charge in [-0.05, 0) is 57.9 Å². The van der Waals surface area contributed by atoms with Crippen LogP contribution < -0.4 is 4.74 Å². The summed E-state index contributed by atoms with van der Waals surface area (Å²) in [4.78, 5) is 22.7. The van der Waals surface area contributed by atoms with Crippen molar-refractivity contribution in [2.45, 2.75) is 78.2 Å². The maximum Gasteiger partial charge on any atom is 0.338 e. The number of unbranched alkanes of at least 4 members (excludes halogenated alkanes) is 5. The number of carboxylic acids is 1. The van der Waals surface area contributed by atoms with E-state index in [2.05, 4.69) is 0 Å². The first-order valence-electron chi connectivity index (χ1n) is 9.88. The van der Waals surface area contributed by atoms with Gasteiger partial charge >= 0.3 is 11.9 Å². The molecule has 0 saturated heterocycles. The van der Waals surface area contributed by atoms with Crippen molar-refractivity contribution in [3.05, 3.63) is 29.8 Å². The molecule has 1 unspecified atom stereocenters. The number of ether oxygens (including phenoxy) is 2. The molecule has 1 aromatic carbocycles. The van der Waals surface area contributed by atoms with Crippen LogP contribution in [-0.2, 0) is 9.53 Å². The Balaban J connectivity index is 2.12. The van der Waals surface area contributed by atoms with Crippen LogP contribution in [0.3, 0.4) is 0 Å². The largest absolute Gasteiger partial charge is 0.494 e. The molecule has 0 radical (unpaired) electrons. The molecule has 0 heterocycles. The minimum atomic E-state index is -0.703. The predicted molar refractivity (Wildman–Crippen MR) is 106 cm³/mol. The molecular weight excluding hydrogens is 344 g/mol. The lowest BCUT2D eigenvalue weighted by atomic mass is 10.0. The number of rotatable bonds is 12. The Morgan fingerprint density at radius 1 is 0.963 bits per heavy atom. The number of aliphatic carboxylic acids is 1. The fourth-order valence-corrected chi connectivity index (χ4v) is 2.60. The lowest BCUT2D eigenvalue weighted by Gasteiger charge is -2.19. The summed E-state index contributed by atoms with van der Waals surface area (Å²) in [7, 11) is 0. The lowest BCUT2D eigenvalue weighted by molar-refractivity contribution is -0.141. The zero-order valence-electron chi connectivity index (χ0n) is 17.1. The molecule has 5 heteroatoms. The van der Waals surface area contributed by atoms with Crippen LogP contribution in [0.15, 0.2) is 24.3 Å². The van der Waals surface area contributed by atoms with Gasteiger partial charge in [0.05, 0.1) is 18.1 Å². The summed E-state index contributed by atoms with van der Waals surface area (Å²) < 4.78 is 11.0. The van der Waals surface area contributed by atoms with Gasteiger partial charge in [-0.1, -0.05) is 39.0 Å². The van der Waals surface area contributed by atoms with Gasteiger partial charge in [0, 0.05) is 0 Å². The SMILES string of the molecule is CC(CCCCCCCCOc1ccc(C(=O)OC(C)(C)C)cc1)C(=O)O. The summed E-state index contributed by atoms with van der Waals surface area (Å²) in [6.45, 7) is 7.96. The van der Waals surface area contributed by atoms with Crippen molar-refractivity contribution in [1.29, 1.82) is 0 Å². The molecule has 152 valence electrons. The Labute approximate surface area is 163 Å². The first-order chi connectivity index (χ1) is 12.7. The Morgan fingerprint density at radius 2 is 1.52 bits per heavy atom. The van der Waals surface area contributed by atoms with Crippen molar-refractivity contribution in [3.63, 3.8) is 0 Å². The zero-order valence-corrected chi connectivity index (χ0v) is 17.1. The van der Waals surface area contributed by atoms with Crippen LogP contribution in [0.2, 0.25) is 0 Å².